The first-order chi connectivity index (χ1) is 11.8. The predicted octanol–water partition coefficient (Wildman–Crippen LogP) is 3.86. The Bertz CT molecular complexity index is 1060. The minimum atomic E-state index is -0.891. The van der Waals surface area contributed by atoms with Crippen molar-refractivity contribution in [3.8, 4) is 6.07 Å². The van der Waals surface area contributed by atoms with Crippen molar-refractivity contribution in [2.75, 3.05) is 0 Å². The van der Waals surface area contributed by atoms with Crippen LogP contribution in [0.3, 0.4) is 0 Å². The second kappa shape index (κ2) is 5.87. The maximum atomic E-state index is 12.6. The topological polar surface area (TPSA) is 79.8 Å². The van der Waals surface area contributed by atoms with Crippen molar-refractivity contribution >= 4 is 38.3 Å². The number of fused-ring (bicyclic) bond motifs is 2. The van der Waals surface area contributed by atoms with E-state index >= 15 is 0 Å². The lowest BCUT2D eigenvalue weighted by Gasteiger charge is -2.03. The fourth-order valence-corrected chi connectivity index (χ4v) is 3.65. The highest BCUT2D eigenvalue weighted by molar-refractivity contribution is 7.18. The lowest BCUT2D eigenvalue weighted by Crippen LogP contribution is -2.13. The maximum Gasteiger partial charge on any atom is 0.167 e. The van der Waals surface area contributed by atoms with E-state index in [0.717, 1.165) is 15.6 Å². The largest absolute Gasteiger partial charge is 0.356 e. The van der Waals surface area contributed by atoms with Crippen LogP contribution in [0, 0.1) is 11.3 Å². The van der Waals surface area contributed by atoms with Gasteiger partial charge in [0, 0.05) is 5.39 Å². The number of carbonyl (C=O) groups is 1. The summed E-state index contributed by atoms with van der Waals surface area (Å²) in [7, 11) is 0. The SMILES string of the molecule is N#C[C@H](C(=O)Cc1noc2ccccc12)c1nc2ccccc2s1. The molecule has 0 aliphatic rings. The van der Waals surface area contributed by atoms with Gasteiger partial charge in [-0.3, -0.25) is 4.79 Å². The number of hydrogen-bond donors (Lipinski definition) is 0. The lowest BCUT2D eigenvalue weighted by molar-refractivity contribution is -0.118. The number of thiazole rings is 1. The zero-order valence-electron chi connectivity index (χ0n) is 12.5. The van der Waals surface area contributed by atoms with Gasteiger partial charge in [-0.1, -0.05) is 29.4 Å². The van der Waals surface area contributed by atoms with E-state index < -0.39 is 5.92 Å². The molecule has 0 unspecified atom stereocenters. The number of nitriles is 1. The number of benzene rings is 2. The molecular weight excluding hydrogens is 322 g/mol. The molecule has 0 aliphatic heterocycles. The lowest BCUT2D eigenvalue weighted by atomic mass is 10.0. The Morgan fingerprint density at radius 1 is 1.21 bits per heavy atom. The number of rotatable bonds is 4. The van der Waals surface area contributed by atoms with Crippen molar-refractivity contribution in [2.24, 2.45) is 0 Å². The first kappa shape index (κ1) is 14.5. The van der Waals surface area contributed by atoms with Crippen molar-refractivity contribution in [2.45, 2.75) is 12.3 Å². The molecule has 24 heavy (non-hydrogen) atoms. The highest BCUT2D eigenvalue weighted by Crippen LogP contribution is 2.29. The van der Waals surface area contributed by atoms with Crippen molar-refractivity contribution in [1.29, 1.82) is 5.26 Å². The predicted molar refractivity (Wildman–Crippen MR) is 90.7 cm³/mol. The Labute approximate surface area is 141 Å². The van der Waals surface area contributed by atoms with E-state index in [4.69, 9.17) is 4.52 Å². The average Bonchev–Trinajstić information content (AvgIpc) is 3.20. The van der Waals surface area contributed by atoms with E-state index in [0.29, 0.717) is 16.3 Å². The molecule has 1 atom stereocenters. The molecule has 0 fully saturated rings. The molecule has 0 saturated carbocycles. The molecule has 5 nitrogen and oxygen atoms in total. The minimum absolute atomic E-state index is 0.0468. The van der Waals surface area contributed by atoms with Gasteiger partial charge in [0.1, 0.15) is 5.01 Å². The molecule has 6 heteroatoms. The van der Waals surface area contributed by atoms with Crippen LogP contribution < -0.4 is 0 Å². The molecule has 2 aromatic carbocycles. The van der Waals surface area contributed by atoms with Gasteiger partial charge in [0.25, 0.3) is 0 Å². The van der Waals surface area contributed by atoms with Gasteiger partial charge in [-0.05, 0) is 24.3 Å². The van der Waals surface area contributed by atoms with Gasteiger partial charge >= 0.3 is 0 Å². The van der Waals surface area contributed by atoms with Crippen molar-refractivity contribution in [3.05, 3.63) is 59.2 Å². The van der Waals surface area contributed by atoms with Crippen LogP contribution in [0.4, 0.5) is 0 Å². The van der Waals surface area contributed by atoms with E-state index in [-0.39, 0.29) is 12.2 Å². The second-order valence-electron chi connectivity index (χ2n) is 5.35. The number of aromatic nitrogens is 2. The van der Waals surface area contributed by atoms with Crippen LogP contribution in [0.15, 0.2) is 53.1 Å². The highest BCUT2D eigenvalue weighted by Gasteiger charge is 2.25. The molecular formula is C18H11N3O2S. The summed E-state index contributed by atoms with van der Waals surface area (Å²) in [5.74, 6) is -1.12. The number of ketones is 1. The number of hydrogen-bond acceptors (Lipinski definition) is 6. The standard InChI is InChI=1S/C18H11N3O2S/c19-10-12(18-20-13-6-2-4-8-17(13)24-18)15(22)9-14-11-5-1-3-7-16(11)23-21-14/h1-8,12H,9H2/t12-/m1/s1. The fraction of sp³-hybridized carbons (Fsp3) is 0.111. The van der Waals surface area contributed by atoms with E-state index in [1.807, 2.05) is 42.5 Å². The Morgan fingerprint density at radius 2 is 2.00 bits per heavy atom. The molecule has 0 saturated heterocycles. The summed E-state index contributed by atoms with van der Waals surface area (Å²) in [6.45, 7) is 0. The minimum Gasteiger partial charge on any atom is -0.356 e. The van der Waals surface area contributed by atoms with Crippen LogP contribution in [-0.2, 0) is 11.2 Å². The number of para-hydroxylation sites is 2. The summed E-state index contributed by atoms with van der Waals surface area (Å²) in [5.41, 5.74) is 1.99. The Balaban J connectivity index is 1.65. The Morgan fingerprint density at radius 3 is 2.83 bits per heavy atom. The Hall–Kier alpha value is -3.04. The van der Waals surface area contributed by atoms with Crippen LogP contribution in [0.1, 0.15) is 16.6 Å². The van der Waals surface area contributed by atoms with Gasteiger partial charge in [-0.15, -0.1) is 11.3 Å². The summed E-state index contributed by atoms with van der Waals surface area (Å²) in [5, 5.41) is 14.8. The first-order valence-corrected chi connectivity index (χ1v) is 8.19. The molecule has 0 amide bonds. The van der Waals surface area contributed by atoms with Gasteiger partial charge < -0.3 is 4.52 Å². The zero-order chi connectivity index (χ0) is 16.5. The smallest absolute Gasteiger partial charge is 0.167 e. The van der Waals surface area contributed by atoms with Crippen LogP contribution >= 0.6 is 11.3 Å². The molecule has 2 aromatic heterocycles. The van der Waals surface area contributed by atoms with Crippen molar-refractivity contribution in [1.82, 2.24) is 10.1 Å². The average molecular weight is 333 g/mol. The summed E-state index contributed by atoms with van der Waals surface area (Å²) in [6.07, 6.45) is 0.0468. The number of Topliss-reactive ketones (excluding diaryl/α,β-unsaturated/α-hetero) is 1. The molecule has 4 rings (SSSR count). The van der Waals surface area contributed by atoms with Gasteiger partial charge in [-0.25, -0.2) is 4.98 Å². The molecule has 4 aromatic rings. The van der Waals surface area contributed by atoms with Crippen LogP contribution in [0.5, 0.6) is 0 Å². The maximum absolute atomic E-state index is 12.6. The third-order valence-electron chi connectivity index (χ3n) is 3.80. The molecule has 0 aliphatic carbocycles. The molecule has 0 spiro atoms. The third-order valence-corrected chi connectivity index (χ3v) is 4.90. The number of nitrogens with zero attached hydrogens (tertiary/aromatic N) is 3. The molecule has 116 valence electrons. The van der Waals surface area contributed by atoms with E-state index in [1.54, 1.807) is 6.07 Å². The zero-order valence-corrected chi connectivity index (χ0v) is 13.3. The number of carbonyl (C=O) groups excluding carboxylic acids is 1. The third kappa shape index (κ3) is 2.45. The Kier molecular flexibility index (Phi) is 3.56. The van der Waals surface area contributed by atoms with E-state index in [1.165, 1.54) is 11.3 Å². The molecule has 0 bridgehead atoms. The van der Waals surface area contributed by atoms with Crippen LogP contribution in [0.25, 0.3) is 21.2 Å². The van der Waals surface area contributed by atoms with Crippen LogP contribution in [-0.4, -0.2) is 15.9 Å². The van der Waals surface area contributed by atoms with E-state index in [2.05, 4.69) is 16.2 Å². The first-order valence-electron chi connectivity index (χ1n) is 7.37. The summed E-state index contributed by atoms with van der Waals surface area (Å²) < 4.78 is 6.18. The summed E-state index contributed by atoms with van der Waals surface area (Å²) in [4.78, 5) is 17.1. The van der Waals surface area contributed by atoms with E-state index in [9.17, 15) is 10.1 Å². The molecule has 0 radical (unpaired) electrons. The van der Waals surface area contributed by atoms with Gasteiger partial charge in [-0.2, -0.15) is 5.26 Å². The fourth-order valence-electron chi connectivity index (χ4n) is 2.61. The quantitative estimate of drug-likeness (QED) is 0.566. The van der Waals surface area contributed by atoms with Gasteiger partial charge in [0.15, 0.2) is 17.3 Å². The van der Waals surface area contributed by atoms with Crippen molar-refractivity contribution in [3.63, 3.8) is 0 Å². The molecule has 2 heterocycles. The van der Waals surface area contributed by atoms with Gasteiger partial charge in [0.05, 0.1) is 28.4 Å². The summed E-state index contributed by atoms with van der Waals surface area (Å²) >= 11 is 1.38. The van der Waals surface area contributed by atoms with Crippen molar-refractivity contribution < 1.29 is 9.32 Å². The molecule has 0 N–H and O–H groups in total. The second-order valence-corrected chi connectivity index (χ2v) is 6.41. The van der Waals surface area contributed by atoms with Crippen LogP contribution in [0.2, 0.25) is 0 Å². The monoisotopic (exact) mass is 333 g/mol. The highest BCUT2D eigenvalue weighted by atomic mass is 32.1. The normalized spacial score (nSPS) is 12.3. The van der Waals surface area contributed by atoms with Gasteiger partial charge in [0.2, 0.25) is 0 Å². The summed E-state index contributed by atoms with van der Waals surface area (Å²) in [6, 6.07) is 17.0.